The number of aromatic nitrogens is 1. The van der Waals surface area contributed by atoms with Gasteiger partial charge in [-0.2, -0.15) is 39.5 Å². The summed E-state index contributed by atoms with van der Waals surface area (Å²) in [5.74, 6) is -25.0. The highest BCUT2D eigenvalue weighted by Crippen LogP contribution is 2.53. The summed E-state index contributed by atoms with van der Waals surface area (Å²) in [6.45, 7) is 1.13. The Hall–Kier alpha value is -2.06. The molecule has 0 aliphatic heterocycles. The largest absolute Gasteiger partial charge is 0.465 e. The van der Waals surface area contributed by atoms with Gasteiger partial charge in [0, 0.05) is 0 Å². The third-order valence-corrected chi connectivity index (χ3v) is 3.87. The number of amides is 1. The van der Waals surface area contributed by atoms with Gasteiger partial charge in [0.15, 0.2) is 5.13 Å². The fourth-order valence-corrected chi connectivity index (χ4v) is 2.31. The summed E-state index contributed by atoms with van der Waals surface area (Å²) in [6.07, 6.45) is -7.05. The molecule has 0 saturated heterocycles. The average Bonchev–Trinajstić information content (AvgIpc) is 2.85. The maximum atomic E-state index is 13.4. The molecular formula is C11H7F9N2O3S. The Balaban J connectivity index is 3.18. The quantitative estimate of drug-likeness (QED) is 0.586. The maximum Gasteiger partial charge on any atom is 0.460 e. The van der Waals surface area contributed by atoms with Gasteiger partial charge in [-0.1, -0.05) is 11.3 Å². The van der Waals surface area contributed by atoms with E-state index in [1.165, 1.54) is 0 Å². The number of thiazole rings is 1. The average molecular weight is 418 g/mol. The van der Waals surface area contributed by atoms with E-state index in [4.69, 9.17) is 0 Å². The lowest BCUT2D eigenvalue weighted by molar-refractivity contribution is -0.388. The molecule has 0 fully saturated rings. The molecule has 15 heteroatoms. The predicted octanol–water partition coefficient (Wildman–Crippen LogP) is 3.64. The minimum absolute atomic E-state index is 0.155. The number of halogens is 9. The van der Waals surface area contributed by atoms with E-state index in [2.05, 4.69) is 9.72 Å². The minimum atomic E-state index is -7.20. The molecule has 1 N–H and O–H groups in total. The normalized spacial score (nSPS) is 13.5. The standard InChI is InChI=1S/C11H7F9N2O3S/c1-3-4(5(23)25-2)26-7(21-3)22-6(24)8(12,13)9(14,15)10(16,17)11(18,19)20/h1-2H3,(H,21,22,24). The highest BCUT2D eigenvalue weighted by molar-refractivity contribution is 7.17. The molecule has 0 aromatic carbocycles. The second-order valence-corrected chi connectivity index (χ2v) is 5.60. The van der Waals surface area contributed by atoms with Crippen molar-refractivity contribution >= 4 is 28.3 Å². The van der Waals surface area contributed by atoms with E-state index in [0.717, 1.165) is 19.4 Å². The molecule has 26 heavy (non-hydrogen) atoms. The zero-order valence-electron chi connectivity index (χ0n) is 12.5. The van der Waals surface area contributed by atoms with Crippen LogP contribution < -0.4 is 5.32 Å². The van der Waals surface area contributed by atoms with Crippen LogP contribution in [0.25, 0.3) is 0 Å². The van der Waals surface area contributed by atoms with Gasteiger partial charge in [-0.3, -0.25) is 10.1 Å². The van der Waals surface area contributed by atoms with Gasteiger partial charge in [0.25, 0.3) is 0 Å². The third-order valence-electron chi connectivity index (χ3n) is 2.82. The molecule has 1 aromatic heterocycles. The molecule has 1 amide bonds. The number of nitrogens with one attached hydrogen (secondary N) is 1. The molecule has 0 atom stereocenters. The van der Waals surface area contributed by atoms with Crippen molar-refractivity contribution in [3.8, 4) is 0 Å². The molecule has 1 aromatic rings. The zero-order chi connectivity index (χ0) is 20.7. The van der Waals surface area contributed by atoms with Crippen molar-refractivity contribution in [1.29, 1.82) is 0 Å². The summed E-state index contributed by atoms with van der Waals surface area (Å²) >= 11 is 0.155. The van der Waals surface area contributed by atoms with E-state index in [1.54, 1.807) is 0 Å². The first kappa shape index (κ1) is 22.0. The van der Waals surface area contributed by atoms with Gasteiger partial charge in [-0.05, 0) is 6.92 Å². The number of hydrogen-bond acceptors (Lipinski definition) is 5. The maximum absolute atomic E-state index is 13.4. The lowest BCUT2D eigenvalue weighted by Crippen LogP contribution is -2.64. The van der Waals surface area contributed by atoms with Gasteiger partial charge in [0.05, 0.1) is 12.8 Å². The summed E-state index contributed by atoms with van der Waals surface area (Å²) in [5.41, 5.74) is -0.201. The number of methoxy groups -OCH3 is 1. The monoisotopic (exact) mass is 418 g/mol. The van der Waals surface area contributed by atoms with Crippen molar-refractivity contribution < 1.29 is 53.8 Å². The number of ether oxygens (including phenoxy) is 1. The van der Waals surface area contributed by atoms with Crippen molar-refractivity contribution in [2.24, 2.45) is 0 Å². The second-order valence-electron chi connectivity index (χ2n) is 4.60. The minimum Gasteiger partial charge on any atom is -0.465 e. The van der Waals surface area contributed by atoms with Crippen molar-refractivity contribution in [1.82, 2.24) is 4.98 Å². The Labute approximate surface area is 142 Å². The summed E-state index contributed by atoms with van der Waals surface area (Å²) in [4.78, 5) is 25.5. The number of rotatable bonds is 5. The van der Waals surface area contributed by atoms with E-state index in [0.29, 0.717) is 0 Å². The van der Waals surface area contributed by atoms with Crippen LogP contribution >= 0.6 is 11.3 Å². The molecule has 0 unspecified atom stereocenters. The van der Waals surface area contributed by atoms with Crippen LogP contribution in [-0.4, -0.2) is 47.9 Å². The van der Waals surface area contributed by atoms with Crippen LogP contribution in [0.5, 0.6) is 0 Å². The Bertz CT molecular complexity index is 714. The Morgan fingerprint density at radius 3 is 1.92 bits per heavy atom. The van der Waals surface area contributed by atoms with Gasteiger partial charge in [0.1, 0.15) is 4.88 Å². The molecule has 1 heterocycles. The van der Waals surface area contributed by atoms with E-state index in [-0.39, 0.29) is 21.9 Å². The molecule has 0 radical (unpaired) electrons. The van der Waals surface area contributed by atoms with Crippen LogP contribution in [0.15, 0.2) is 0 Å². The molecule has 0 spiro atoms. The molecule has 0 bridgehead atoms. The number of nitrogens with zero attached hydrogens (tertiary/aromatic N) is 1. The third kappa shape index (κ3) is 3.43. The number of carbonyl (C=O) groups is 2. The first-order valence-corrected chi connectivity index (χ1v) is 6.89. The highest BCUT2D eigenvalue weighted by Gasteiger charge is 2.83. The van der Waals surface area contributed by atoms with Crippen molar-refractivity contribution in [3.63, 3.8) is 0 Å². The van der Waals surface area contributed by atoms with Crippen LogP contribution in [0.4, 0.5) is 44.6 Å². The molecule has 0 aliphatic rings. The molecule has 0 saturated carbocycles. The molecule has 148 valence electrons. The lowest BCUT2D eigenvalue weighted by Gasteiger charge is -2.32. The fraction of sp³-hybridized carbons (Fsp3) is 0.545. The number of aryl methyl sites for hydroxylation is 1. The van der Waals surface area contributed by atoms with Crippen LogP contribution in [0.3, 0.4) is 0 Å². The highest BCUT2D eigenvalue weighted by atomic mass is 32.1. The van der Waals surface area contributed by atoms with Crippen LogP contribution in [0.2, 0.25) is 0 Å². The van der Waals surface area contributed by atoms with E-state index in [9.17, 15) is 49.1 Å². The van der Waals surface area contributed by atoms with E-state index >= 15 is 0 Å². The Kier molecular flexibility index (Phi) is 5.57. The molecular weight excluding hydrogens is 411 g/mol. The zero-order valence-corrected chi connectivity index (χ0v) is 13.3. The van der Waals surface area contributed by atoms with Crippen LogP contribution in [0.1, 0.15) is 15.4 Å². The SMILES string of the molecule is COC(=O)c1sc(NC(=O)C(F)(F)C(F)(F)C(F)(F)C(F)(F)F)nc1C. The number of carbonyl (C=O) groups excluding carboxylic acids is 2. The first-order valence-electron chi connectivity index (χ1n) is 6.08. The van der Waals surface area contributed by atoms with Crippen LogP contribution in [-0.2, 0) is 9.53 Å². The van der Waals surface area contributed by atoms with Gasteiger partial charge >= 0.3 is 35.8 Å². The summed E-state index contributed by atoms with van der Waals surface area (Å²) in [5, 5.41) is 0.0642. The van der Waals surface area contributed by atoms with Crippen LogP contribution in [0, 0.1) is 6.92 Å². The van der Waals surface area contributed by atoms with Gasteiger partial charge in [-0.15, -0.1) is 0 Å². The topological polar surface area (TPSA) is 68.3 Å². The molecule has 5 nitrogen and oxygen atoms in total. The number of hydrogen-bond donors (Lipinski definition) is 1. The van der Waals surface area contributed by atoms with Crippen molar-refractivity contribution in [2.45, 2.75) is 30.9 Å². The lowest BCUT2D eigenvalue weighted by atomic mass is 10.0. The predicted molar refractivity (Wildman–Crippen MR) is 67.7 cm³/mol. The summed E-state index contributed by atoms with van der Waals surface area (Å²) in [7, 11) is 0.924. The van der Waals surface area contributed by atoms with Crippen molar-refractivity contribution in [2.75, 3.05) is 12.4 Å². The van der Waals surface area contributed by atoms with E-state index < -0.39 is 41.0 Å². The molecule has 1 rings (SSSR count). The van der Waals surface area contributed by atoms with Crippen molar-refractivity contribution in [3.05, 3.63) is 10.6 Å². The smallest absolute Gasteiger partial charge is 0.460 e. The number of alkyl halides is 9. The van der Waals surface area contributed by atoms with E-state index in [1.807, 2.05) is 0 Å². The molecule has 0 aliphatic carbocycles. The van der Waals surface area contributed by atoms with Gasteiger partial charge in [-0.25, -0.2) is 9.78 Å². The van der Waals surface area contributed by atoms with Gasteiger partial charge in [0.2, 0.25) is 0 Å². The fourth-order valence-electron chi connectivity index (χ4n) is 1.43. The summed E-state index contributed by atoms with van der Waals surface area (Å²) in [6, 6.07) is 0. The Morgan fingerprint density at radius 1 is 1.00 bits per heavy atom. The number of anilines is 1. The van der Waals surface area contributed by atoms with Gasteiger partial charge < -0.3 is 4.74 Å². The second kappa shape index (κ2) is 6.59. The Morgan fingerprint density at radius 2 is 1.50 bits per heavy atom. The number of esters is 1. The first-order chi connectivity index (χ1) is 11.5. The summed E-state index contributed by atoms with van der Waals surface area (Å²) < 4.78 is 119.